The summed E-state index contributed by atoms with van der Waals surface area (Å²) >= 11 is 0. The first-order valence-electron chi connectivity index (χ1n) is 9.71. The van der Waals surface area contributed by atoms with Crippen molar-refractivity contribution in [2.75, 3.05) is 0 Å². The second-order valence-electron chi connectivity index (χ2n) is 7.38. The van der Waals surface area contributed by atoms with Crippen molar-refractivity contribution in [3.05, 3.63) is 71.9 Å². The molecule has 1 amide bonds. The zero-order chi connectivity index (χ0) is 17.8. The molecule has 3 heteroatoms. The van der Waals surface area contributed by atoms with Crippen LogP contribution in [0.3, 0.4) is 0 Å². The summed E-state index contributed by atoms with van der Waals surface area (Å²) in [6.07, 6.45) is 8.72. The minimum atomic E-state index is 0.00690. The van der Waals surface area contributed by atoms with Crippen LogP contribution in [0, 0.1) is 5.92 Å². The zero-order valence-electron chi connectivity index (χ0n) is 15.2. The van der Waals surface area contributed by atoms with E-state index in [1.165, 1.54) is 37.6 Å². The molecule has 0 saturated heterocycles. The van der Waals surface area contributed by atoms with Crippen LogP contribution in [0.15, 0.2) is 60.8 Å². The van der Waals surface area contributed by atoms with Gasteiger partial charge in [0, 0.05) is 30.2 Å². The van der Waals surface area contributed by atoms with Crippen LogP contribution in [0.5, 0.6) is 0 Å². The van der Waals surface area contributed by atoms with Gasteiger partial charge in [-0.2, -0.15) is 0 Å². The van der Waals surface area contributed by atoms with E-state index in [2.05, 4.69) is 34.3 Å². The average molecular weight is 346 g/mol. The maximum Gasteiger partial charge on any atom is 0.253 e. The number of amides is 1. The summed E-state index contributed by atoms with van der Waals surface area (Å²) in [4.78, 5) is 12.8. The van der Waals surface area contributed by atoms with E-state index in [1.807, 2.05) is 36.4 Å². The van der Waals surface area contributed by atoms with Crippen LogP contribution in [-0.2, 0) is 13.1 Å². The number of carbonyl (C=O) groups is 1. The van der Waals surface area contributed by atoms with E-state index in [9.17, 15) is 4.79 Å². The van der Waals surface area contributed by atoms with E-state index in [-0.39, 0.29) is 5.91 Å². The molecule has 0 atom stereocenters. The van der Waals surface area contributed by atoms with Gasteiger partial charge in [-0.1, -0.05) is 67.8 Å². The van der Waals surface area contributed by atoms with Gasteiger partial charge < -0.3 is 9.88 Å². The lowest BCUT2D eigenvalue weighted by molar-refractivity contribution is 0.0952. The first-order chi connectivity index (χ1) is 12.8. The molecule has 0 spiro atoms. The minimum absolute atomic E-state index is 0.00690. The minimum Gasteiger partial charge on any atom is -0.348 e. The van der Waals surface area contributed by atoms with Crippen molar-refractivity contribution in [1.29, 1.82) is 0 Å². The number of carbonyl (C=O) groups excluding carboxylic acids is 1. The van der Waals surface area contributed by atoms with Gasteiger partial charge >= 0.3 is 0 Å². The Hall–Kier alpha value is -2.55. The summed E-state index contributed by atoms with van der Waals surface area (Å²) in [6.45, 7) is 1.58. The molecule has 0 aliphatic heterocycles. The smallest absolute Gasteiger partial charge is 0.253 e. The average Bonchev–Trinajstić information content (AvgIpc) is 3.06. The Morgan fingerprint density at radius 2 is 1.69 bits per heavy atom. The van der Waals surface area contributed by atoms with Crippen molar-refractivity contribution < 1.29 is 4.79 Å². The molecule has 1 aliphatic rings. The summed E-state index contributed by atoms with van der Waals surface area (Å²) in [5, 5.41) is 4.12. The predicted octanol–water partition coefficient (Wildman–Crippen LogP) is 5.15. The Balaban J connectivity index is 1.55. The molecule has 0 radical (unpaired) electrons. The molecule has 1 aromatic heterocycles. The van der Waals surface area contributed by atoms with Gasteiger partial charge in [0.15, 0.2) is 0 Å². The fraction of sp³-hybridized carbons (Fsp3) is 0.348. The first-order valence-corrected chi connectivity index (χ1v) is 9.71. The van der Waals surface area contributed by atoms with Gasteiger partial charge in [0.25, 0.3) is 5.91 Å². The van der Waals surface area contributed by atoms with Gasteiger partial charge in [0.2, 0.25) is 0 Å². The van der Waals surface area contributed by atoms with Crippen LogP contribution >= 0.6 is 0 Å². The molecule has 3 nitrogen and oxygen atoms in total. The maximum atomic E-state index is 12.8. The van der Waals surface area contributed by atoms with Gasteiger partial charge in [-0.05, 0) is 30.4 Å². The number of aromatic nitrogens is 1. The summed E-state index contributed by atoms with van der Waals surface area (Å²) in [6, 6.07) is 18.3. The van der Waals surface area contributed by atoms with Crippen LogP contribution in [0.4, 0.5) is 0 Å². The largest absolute Gasteiger partial charge is 0.348 e. The molecular weight excluding hydrogens is 320 g/mol. The number of hydrogen-bond acceptors (Lipinski definition) is 1. The van der Waals surface area contributed by atoms with Gasteiger partial charge in [0.05, 0.1) is 5.56 Å². The number of nitrogens with zero attached hydrogens (tertiary/aromatic N) is 1. The number of para-hydroxylation sites is 1. The highest BCUT2D eigenvalue weighted by atomic mass is 16.1. The molecule has 1 aliphatic carbocycles. The molecule has 134 valence electrons. The van der Waals surface area contributed by atoms with E-state index >= 15 is 0 Å². The van der Waals surface area contributed by atoms with Gasteiger partial charge in [-0.3, -0.25) is 4.79 Å². The molecular formula is C23H26N2O. The van der Waals surface area contributed by atoms with E-state index in [1.54, 1.807) is 0 Å². The van der Waals surface area contributed by atoms with Crippen molar-refractivity contribution in [2.24, 2.45) is 5.92 Å². The van der Waals surface area contributed by atoms with E-state index in [0.29, 0.717) is 6.54 Å². The Morgan fingerprint density at radius 3 is 2.50 bits per heavy atom. The molecule has 0 unspecified atom stereocenters. The molecule has 26 heavy (non-hydrogen) atoms. The van der Waals surface area contributed by atoms with E-state index < -0.39 is 0 Å². The lowest BCUT2D eigenvalue weighted by atomic mass is 9.89. The molecule has 1 saturated carbocycles. The highest BCUT2D eigenvalue weighted by Gasteiger charge is 2.18. The Bertz CT molecular complexity index is 876. The van der Waals surface area contributed by atoms with Crippen molar-refractivity contribution >= 4 is 16.8 Å². The number of rotatable bonds is 5. The van der Waals surface area contributed by atoms with Crippen molar-refractivity contribution in [3.8, 4) is 0 Å². The number of fused-ring (bicyclic) bond motifs is 1. The molecule has 2 aromatic carbocycles. The second-order valence-corrected chi connectivity index (χ2v) is 7.38. The fourth-order valence-electron chi connectivity index (χ4n) is 4.10. The summed E-state index contributed by atoms with van der Waals surface area (Å²) < 4.78 is 2.29. The van der Waals surface area contributed by atoms with Crippen molar-refractivity contribution in [3.63, 3.8) is 0 Å². The third kappa shape index (κ3) is 3.67. The quantitative estimate of drug-likeness (QED) is 0.681. The Morgan fingerprint density at radius 1 is 0.962 bits per heavy atom. The monoisotopic (exact) mass is 346 g/mol. The van der Waals surface area contributed by atoms with E-state index in [4.69, 9.17) is 0 Å². The van der Waals surface area contributed by atoms with Gasteiger partial charge in [-0.25, -0.2) is 0 Å². The zero-order valence-corrected chi connectivity index (χ0v) is 15.2. The lowest BCUT2D eigenvalue weighted by Crippen LogP contribution is -2.22. The third-order valence-electron chi connectivity index (χ3n) is 5.51. The van der Waals surface area contributed by atoms with Gasteiger partial charge in [-0.15, -0.1) is 0 Å². The highest BCUT2D eigenvalue weighted by molar-refractivity contribution is 6.06. The lowest BCUT2D eigenvalue weighted by Gasteiger charge is -2.22. The number of benzene rings is 2. The van der Waals surface area contributed by atoms with Crippen molar-refractivity contribution in [1.82, 2.24) is 9.88 Å². The number of nitrogens with one attached hydrogen (secondary N) is 1. The summed E-state index contributed by atoms with van der Waals surface area (Å²) in [5.41, 5.74) is 3.07. The number of hydrogen-bond donors (Lipinski definition) is 1. The van der Waals surface area contributed by atoms with Crippen LogP contribution in [0.25, 0.3) is 10.9 Å². The molecule has 1 fully saturated rings. The topological polar surface area (TPSA) is 34.0 Å². The van der Waals surface area contributed by atoms with Crippen LogP contribution < -0.4 is 5.32 Å². The standard InChI is InChI=1S/C23H26N2O/c26-23(24-15-18-9-3-1-4-10-18)21-17-25(16-19-11-5-2-6-12-19)22-14-8-7-13-20(21)22/h1,3-4,7-10,13-14,17,19H,2,5-6,11-12,15-16H2,(H,24,26). The summed E-state index contributed by atoms with van der Waals surface area (Å²) in [5.74, 6) is 0.743. The Kier molecular flexibility index (Phi) is 5.05. The first kappa shape index (κ1) is 16.9. The molecule has 0 bridgehead atoms. The van der Waals surface area contributed by atoms with Crippen LogP contribution in [-0.4, -0.2) is 10.5 Å². The van der Waals surface area contributed by atoms with E-state index in [0.717, 1.165) is 29.0 Å². The molecule has 4 rings (SSSR count). The Labute approximate surface area is 155 Å². The normalized spacial score (nSPS) is 15.2. The van der Waals surface area contributed by atoms with Gasteiger partial charge in [0.1, 0.15) is 0 Å². The van der Waals surface area contributed by atoms with Crippen LogP contribution in [0.2, 0.25) is 0 Å². The van der Waals surface area contributed by atoms with Crippen LogP contribution in [0.1, 0.15) is 48.0 Å². The predicted molar refractivity (Wildman–Crippen MR) is 106 cm³/mol. The molecule has 3 aromatic rings. The highest BCUT2D eigenvalue weighted by Crippen LogP contribution is 2.28. The molecule has 1 N–H and O–H groups in total. The SMILES string of the molecule is O=C(NCc1ccccc1)c1cn(CC2CCCCC2)c2ccccc12. The van der Waals surface area contributed by atoms with Crippen molar-refractivity contribution in [2.45, 2.75) is 45.2 Å². The fourth-order valence-corrected chi connectivity index (χ4v) is 4.10. The third-order valence-corrected chi connectivity index (χ3v) is 5.51. The molecule has 1 heterocycles. The summed E-state index contributed by atoms with van der Waals surface area (Å²) in [7, 11) is 0. The second kappa shape index (κ2) is 7.77. The maximum absolute atomic E-state index is 12.8.